The van der Waals surface area contributed by atoms with E-state index in [0.717, 1.165) is 35.9 Å². The number of hydrogen-bond donors (Lipinski definition) is 0. The van der Waals surface area contributed by atoms with Gasteiger partial charge in [0.25, 0.3) is 0 Å². The summed E-state index contributed by atoms with van der Waals surface area (Å²) in [5.41, 5.74) is 0. The van der Waals surface area contributed by atoms with E-state index in [1.807, 2.05) is 30.3 Å². The molecule has 0 radical (unpaired) electrons. The van der Waals surface area contributed by atoms with Crippen LogP contribution in [0.25, 0.3) is 10.8 Å². The molecule has 1 saturated heterocycles. The second-order valence-electron chi connectivity index (χ2n) is 7.40. The van der Waals surface area contributed by atoms with E-state index in [0.29, 0.717) is 43.5 Å². The minimum atomic E-state index is -3.50. The van der Waals surface area contributed by atoms with Crippen molar-refractivity contribution < 1.29 is 12.9 Å². The Kier molecular flexibility index (Phi) is 5.94. The minimum absolute atomic E-state index is 0.349. The monoisotopic (exact) mass is 414 g/mol. The molecule has 0 saturated carbocycles. The molecule has 1 fully saturated rings. The number of aromatic nitrogens is 2. The second kappa shape index (κ2) is 8.61. The zero-order valence-corrected chi connectivity index (χ0v) is 17.4. The molecule has 3 aromatic rings. The number of unbranched alkanes of at least 4 members (excludes halogenated alkanes) is 1. The van der Waals surface area contributed by atoms with Gasteiger partial charge in [-0.1, -0.05) is 48.8 Å². The summed E-state index contributed by atoms with van der Waals surface area (Å²) in [5, 5.41) is 5.99. The Balaban J connectivity index is 1.38. The summed E-state index contributed by atoms with van der Waals surface area (Å²) < 4.78 is 33.0. The van der Waals surface area contributed by atoms with E-state index >= 15 is 0 Å². The number of benzene rings is 2. The van der Waals surface area contributed by atoms with Gasteiger partial charge in [0, 0.05) is 32.6 Å². The quantitative estimate of drug-likeness (QED) is 0.591. The first-order chi connectivity index (χ1) is 14.1. The van der Waals surface area contributed by atoms with Crippen molar-refractivity contribution in [3.63, 3.8) is 0 Å². The number of piperazine rings is 1. The lowest BCUT2D eigenvalue weighted by Gasteiger charge is -2.33. The summed E-state index contributed by atoms with van der Waals surface area (Å²) in [5.74, 6) is 1.35. The first-order valence-electron chi connectivity index (χ1n) is 10.1. The molecular formula is C21H26N4O3S. The van der Waals surface area contributed by atoms with Crippen molar-refractivity contribution >= 4 is 20.8 Å². The standard InChI is InChI=1S/C21H26N4O3S/c1-2-3-8-20-22-21(28-23-20)16-24-11-13-25(14-12-24)29(26,27)19-10-9-17-6-4-5-7-18(17)15-19/h4-7,9-10,15H,2-3,8,11-14,16H2,1H3. The summed E-state index contributed by atoms with van der Waals surface area (Å²) in [7, 11) is -3.50. The third kappa shape index (κ3) is 4.49. The minimum Gasteiger partial charge on any atom is -0.338 e. The lowest BCUT2D eigenvalue weighted by atomic mass is 10.1. The van der Waals surface area contributed by atoms with Crippen LogP contribution in [-0.2, 0) is 23.0 Å². The Bertz CT molecular complexity index is 1070. The Morgan fingerprint density at radius 2 is 1.79 bits per heavy atom. The molecule has 1 aliphatic rings. The van der Waals surface area contributed by atoms with E-state index in [2.05, 4.69) is 22.0 Å². The molecule has 0 atom stereocenters. The molecule has 0 bridgehead atoms. The van der Waals surface area contributed by atoms with E-state index in [1.54, 1.807) is 16.4 Å². The van der Waals surface area contributed by atoms with Crippen LogP contribution in [0.15, 0.2) is 51.9 Å². The second-order valence-corrected chi connectivity index (χ2v) is 9.34. The number of nitrogens with zero attached hydrogens (tertiary/aromatic N) is 4. The average Bonchev–Trinajstić information content (AvgIpc) is 3.19. The van der Waals surface area contributed by atoms with Gasteiger partial charge in [-0.3, -0.25) is 4.90 Å². The molecule has 154 valence electrons. The zero-order valence-electron chi connectivity index (χ0n) is 16.6. The maximum atomic E-state index is 13.1. The highest BCUT2D eigenvalue weighted by molar-refractivity contribution is 7.89. The van der Waals surface area contributed by atoms with Gasteiger partial charge < -0.3 is 4.52 Å². The Morgan fingerprint density at radius 3 is 2.55 bits per heavy atom. The molecule has 0 unspecified atom stereocenters. The summed E-state index contributed by atoms with van der Waals surface area (Å²) in [6.45, 7) is 4.87. The van der Waals surface area contributed by atoms with Crippen molar-refractivity contribution in [2.75, 3.05) is 26.2 Å². The predicted octanol–water partition coefficient (Wildman–Crippen LogP) is 3.07. The summed E-state index contributed by atoms with van der Waals surface area (Å²) in [6, 6.07) is 13.1. The zero-order chi connectivity index (χ0) is 20.3. The van der Waals surface area contributed by atoms with Gasteiger partial charge in [-0.25, -0.2) is 8.42 Å². The highest BCUT2D eigenvalue weighted by Crippen LogP contribution is 2.23. The van der Waals surface area contributed by atoms with Gasteiger partial charge in [-0.15, -0.1) is 0 Å². The van der Waals surface area contributed by atoms with Crippen LogP contribution in [0.1, 0.15) is 31.5 Å². The number of rotatable bonds is 7. The summed E-state index contributed by atoms with van der Waals surface area (Å²) in [6.07, 6.45) is 2.97. The van der Waals surface area contributed by atoms with Gasteiger partial charge in [-0.05, 0) is 29.3 Å². The molecule has 29 heavy (non-hydrogen) atoms. The molecule has 8 heteroatoms. The normalized spacial score (nSPS) is 16.4. The van der Waals surface area contributed by atoms with Gasteiger partial charge in [0.2, 0.25) is 15.9 Å². The molecule has 2 heterocycles. The van der Waals surface area contributed by atoms with E-state index < -0.39 is 10.0 Å². The molecule has 1 aromatic heterocycles. The Morgan fingerprint density at radius 1 is 1.03 bits per heavy atom. The highest BCUT2D eigenvalue weighted by Gasteiger charge is 2.29. The first-order valence-corrected chi connectivity index (χ1v) is 11.5. The summed E-state index contributed by atoms with van der Waals surface area (Å²) in [4.78, 5) is 6.94. The molecule has 0 amide bonds. The highest BCUT2D eigenvalue weighted by atomic mass is 32.2. The Hall–Kier alpha value is -2.29. The topological polar surface area (TPSA) is 79.5 Å². The van der Waals surface area contributed by atoms with Crippen molar-refractivity contribution in [3.05, 3.63) is 54.2 Å². The smallest absolute Gasteiger partial charge is 0.243 e. The fourth-order valence-corrected chi connectivity index (χ4v) is 5.05. The molecule has 0 aliphatic carbocycles. The van der Waals surface area contributed by atoms with Crippen LogP contribution in [0, 0.1) is 0 Å². The molecular weight excluding hydrogens is 388 g/mol. The van der Waals surface area contributed by atoms with E-state index in [4.69, 9.17) is 4.52 Å². The van der Waals surface area contributed by atoms with Crippen LogP contribution in [0.2, 0.25) is 0 Å². The fourth-order valence-electron chi connectivity index (χ4n) is 3.59. The van der Waals surface area contributed by atoms with Crippen LogP contribution in [0.3, 0.4) is 0 Å². The summed E-state index contributed by atoms with van der Waals surface area (Å²) >= 11 is 0. The van der Waals surface area contributed by atoms with Crippen LogP contribution < -0.4 is 0 Å². The van der Waals surface area contributed by atoms with Gasteiger partial charge in [-0.2, -0.15) is 9.29 Å². The van der Waals surface area contributed by atoms with Crippen molar-refractivity contribution in [1.82, 2.24) is 19.3 Å². The van der Waals surface area contributed by atoms with E-state index in [9.17, 15) is 8.42 Å². The van der Waals surface area contributed by atoms with Gasteiger partial charge in [0.05, 0.1) is 11.4 Å². The van der Waals surface area contributed by atoms with E-state index in [-0.39, 0.29) is 0 Å². The first kappa shape index (κ1) is 20.0. The number of fused-ring (bicyclic) bond motifs is 1. The molecule has 2 aromatic carbocycles. The molecule has 7 nitrogen and oxygen atoms in total. The van der Waals surface area contributed by atoms with Crippen LogP contribution in [0.4, 0.5) is 0 Å². The van der Waals surface area contributed by atoms with Gasteiger partial charge >= 0.3 is 0 Å². The van der Waals surface area contributed by atoms with Crippen molar-refractivity contribution in [2.24, 2.45) is 0 Å². The molecule has 0 spiro atoms. The van der Waals surface area contributed by atoms with Crippen LogP contribution >= 0.6 is 0 Å². The number of aryl methyl sites for hydroxylation is 1. The van der Waals surface area contributed by atoms with Crippen molar-refractivity contribution in [2.45, 2.75) is 37.6 Å². The van der Waals surface area contributed by atoms with Crippen LogP contribution in [-0.4, -0.2) is 53.9 Å². The van der Waals surface area contributed by atoms with Crippen LogP contribution in [0.5, 0.6) is 0 Å². The molecule has 4 rings (SSSR count). The third-order valence-corrected chi connectivity index (χ3v) is 7.21. The SMILES string of the molecule is CCCCc1noc(CN2CCN(S(=O)(=O)c3ccc4ccccc4c3)CC2)n1. The molecule has 1 aliphatic heterocycles. The molecule has 0 N–H and O–H groups in total. The van der Waals surface area contributed by atoms with Gasteiger partial charge in [0.1, 0.15) is 0 Å². The average molecular weight is 415 g/mol. The van der Waals surface area contributed by atoms with Crippen molar-refractivity contribution in [1.29, 1.82) is 0 Å². The predicted molar refractivity (Wildman–Crippen MR) is 111 cm³/mol. The Labute approximate surface area is 171 Å². The number of sulfonamides is 1. The maximum Gasteiger partial charge on any atom is 0.243 e. The van der Waals surface area contributed by atoms with Crippen molar-refractivity contribution in [3.8, 4) is 0 Å². The lowest BCUT2D eigenvalue weighted by Crippen LogP contribution is -2.48. The third-order valence-electron chi connectivity index (χ3n) is 5.31. The lowest BCUT2D eigenvalue weighted by molar-refractivity contribution is 0.163. The maximum absolute atomic E-state index is 13.1. The number of hydrogen-bond acceptors (Lipinski definition) is 6. The fraction of sp³-hybridized carbons (Fsp3) is 0.429. The van der Waals surface area contributed by atoms with E-state index in [1.165, 1.54) is 0 Å². The van der Waals surface area contributed by atoms with Gasteiger partial charge in [0.15, 0.2) is 5.82 Å². The largest absolute Gasteiger partial charge is 0.338 e.